The van der Waals surface area contributed by atoms with Crippen LogP contribution in [0.5, 0.6) is 0 Å². The van der Waals surface area contributed by atoms with Gasteiger partial charge in [-0.15, -0.1) is 0 Å². The van der Waals surface area contributed by atoms with Crippen molar-refractivity contribution in [1.82, 2.24) is 15.0 Å². The van der Waals surface area contributed by atoms with E-state index in [1.807, 2.05) is 0 Å². The Morgan fingerprint density at radius 1 is 1.23 bits per heavy atom. The fourth-order valence-corrected chi connectivity index (χ4v) is 3.75. The molecular weight excluding hydrogens is 328 g/mol. The quantitative estimate of drug-likeness (QED) is 0.871. The van der Waals surface area contributed by atoms with Gasteiger partial charge in [-0.2, -0.15) is 5.26 Å². The highest BCUT2D eigenvalue weighted by atomic mass is 16.5. The largest absolute Gasteiger partial charge is 0.383 e. The molecule has 4 rings (SSSR count). The summed E-state index contributed by atoms with van der Waals surface area (Å²) in [6.45, 7) is 1.54. The van der Waals surface area contributed by atoms with Crippen LogP contribution in [0.15, 0.2) is 12.4 Å². The molecule has 0 amide bonds. The third kappa shape index (κ3) is 3.20. The van der Waals surface area contributed by atoms with E-state index in [2.05, 4.69) is 26.3 Å². The molecule has 1 unspecified atom stereocenters. The highest BCUT2D eigenvalue weighted by Gasteiger charge is 2.22. The smallest absolute Gasteiger partial charge is 0.222 e. The van der Waals surface area contributed by atoms with E-state index < -0.39 is 0 Å². The Hall–Kier alpha value is -2.72. The van der Waals surface area contributed by atoms with E-state index >= 15 is 0 Å². The summed E-state index contributed by atoms with van der Waals surface area (Å²) < 4.78 is 5.60. The molecule has 0 bridgehead atoms. The van der Waals surface area contributed by atoms with Crippen LogP contribution in [0.1, 0.15) is 42.5 Å². The first kappa shape index (κ1) is 16.7. The van der Waals surface area contributed by atoms with Crippen LogP contribution in [0.25, 0.3) is 11.1 Å². The molecule has 0 radical (unpaired) electrons. The Labute approximate surface area is 152 Å². The maximum absolute atomic E-state index is 9.59. The first-order chi connectivity index (χ1) is 12.8. The maximum atomic E-state index is 9.59. The van der Waals surface area contributed by atoms with Gasteiger partial charge in [-0.3, -0.25) is 0 Å². The zero-order valence-corrected chi connectivity index (χ0v) is 14.7. The summed E-state index contributed by atoms with van der Waals surface area (Å²) in [5, 5.41) is 12.8. The van der Waals surface area contributed by atoms with Crippen molar-refractivity contribution in [2.75, 3.05) is 24.2 Å². The van der Waals surface area contributed by atoms with E-state index in [4.69, 9.17) is 10.5 Å². The molecule has 3 N–H and O–H groups in total. The number of hydrogen-bond acceptors (Lipinski definition) is 7. The van der Waals surface area contributed by atoms with Crippen LogP contribution in [0.2, 0.25) is 0 Å². The van der Waals surface area contributed by atoms with Crippen LogP contribution in [-0.4, -0.2) is 34.2 Å². The van der Waals surface area contributed by atoms with Gasteiger partial charge in [-0.25, -0.2) is 15.0 Å². The monoisotopic (exact) mass is 350 g/mol. The lowest BCUT2D eigenvalue weighted by Crippen LogP contribution is -2.19. The van der Waals surface area contributed by atoms with Gasteiger partial charge in [0.2, 0.25) is 5.95 Å². The summed E-state index contributed by atoms with van der Waals surface area (Å²) in [7, 11) is 0. The van der Waals surface area contributed by atoms with Crippen LogP contribution in [0.4, 0.5) is 11.8 Å². The summed E-state index contributed by atoms with van der Waals surface area (Å²) >= 11 is 0. The minimum Gasteiger partial charge on any atom is -0.383 e. The standard InChI is InChI=1S/C19H22N6O/c20-8-15-17(14-5-1-2-6-16(14)25-18(15)21)12-9-22-19(23-10-12)24-11-13-4-3-7-26-13/h9-10,13H,1-7,11H2,(H2,21,25)(H,22,23,24). The van der Waals surface area contributed by atoms with E-state index in [0.29, 0.717) is 23.9 Å². The van der Waals surface area contributed by atoms with Gasteiger partial charge in [0.1, 0.15) is 17.5 Å². The number of nitrogen functional groups attached to an aromatic ring is 1. The van der Waals surface area contributed by atoms with Crippen LogP contribution in [-0.2, 0) is 17.6 Å². The van der Waals surface area contributed by atoms with Gasteiger partial charge in [0.15, 0.2) is 0 Å². The second kappa shape index (κ2) is 7.26. The lowest BCUT2D eigenvalue weighted by atomic mass is 9.87. The highest BCUT2D eigenvalue weighted by molar-refractivity contribution is 5.78. The number of rotatable bonds is 4. The molecule has 2 aromatic heterocycles. The van der Waals surface area contributed by atoms with Crippen molar-refractivity contribution in [3.8, 4) is 17.2 Å². The highest BCUT2D eigenvalue weighted by Crippen LogP contribution is 2.35. The molecule has 26 heavy (non-hydrogen) atoms. The molecule has 2 aromatic rings. The lowest BCUT2D eigenvalue weighted by Gasteiger charge is -2.20. The first-order valence-corrected chi connectivity index (χ1v) is 9.15. The minimum absolute atomic E-state index is 0.232. The van der Waals surface area contributed by atoms with E-state index in [1.165, 1.54) is 0 Å². The summed E-state index contributed by atoms with van der Waals surface area (Å²) in [6.07, 6.45) is 9.94. The number of aromatic nitrogens is 3. The molecule has 1 aliphatic heterocycles. The average Bonchev–Trinajstić information content (AvgIpc) is 3.19. The second-order valence-corrected chi connectivity index (χ2v) is 6.80. The van der Waals surface area contributed by atoms with Crippen LogP contribution < -0.4 is 11.1 Å². The Kier molecular flexibility index (Phi) is 4.67. The number of nitrogens with one attached hydrogen (secondary N) is 1. The van der Waals surface area contributed by atoms with Crippen LogP contribution in [0, 0.1) is 11.3 Å². The summed E-state index contributed by atoms with van der Waals surface area (Å²) in [5.41, 5.74) is 10.2. The van der Waals surface area contributed by atoms with Gasteiger partial charge >= 0.3 is 0 Å². The Balaban J connectivity index is 1.62. The molecule has 1 atom stereocenters. The number of nitriles is 1. The lowest BCUT2D eigenvalue weighted by molar-refractivity contribution is 0.120. The van der Waals surface area contributed by atoms with Crippen LogP contribution >= 0.6 is 0 Å². The summed E-state index contributed by atoms with van der Waals surface area (Å²) in [6, 6.07) is 2.21. The van der Waals surface area contributed by atoms with Crippen molar-refractivity contribution in [3.05, 3.63) is 29.2 Å². The van der Waals surface area contributed by atoms with E-state index in [0.717, 1.165) is 67.5 Å². The zero-order valence-electron chi connectivity index (χ0n) is 14.7. The number of aryl methyl sites for hydroxylation is 1. The van der Waals surface area contributed by atoms with Gasteiger partial charge in [0.25, 0.3) is 0 Å². The number of ether oxygens (including phenoxy) is 1. The van der Waals surface area contributed by atoms with Crippen molar-refractivity contribution in [2.45, 2.75) is 44.6 Å². The van der Waals surface area contributed by atoms with Gasteiger partial charge in [0.05, 0.1) is 6.10 Å². The predicted molar refractivity (Wildman–Crippen MR) is 98.5 cm³/mol. The fraction of sp³-hybridized carbons (Fsp3) is 0.474. The number of pyridine rings is 1. The second-order valence-electron chi connectivity index (χ2n) is 6.80. The topological polar surface area (TPSA) is 110 Å². The predicted octanol–water partition coefficient (Wildman–Crippen LogP) is 2.46. The molecule has 7 heteroatoms. The molecule has 0 aromatic carbocycles. The molecule has 0 spiro atoms. The third-order valence-electron chi connectivity index (χ3n) is 5.07. The molecule has 3 heterocycles. The summed E-state index contributed by atoms with van der Waals surface area (Å²) in [4.78, 5) is 13.3. The summed E-state index contributed by atoms with van der Waals surface area (Å²) in [5.74, 6) is 0.863. The molecule has 2 aliphatic rings. The number of fused-ring (bicyclic) bond motifs is 1. The van der Waals surface area contributed by atoms with E-state index in [-0.39, 0.29) is 6.10 Å². The molecule has 1 aliphatic carbocycles. The van der Waals surface area contributed by atoms with Crippen molar-refractivity contribution < 1.29 is 4.74 Å². The SMILES string of the molecule is N#Cc1c(N)nc2c(c1-c1cnc(NCC3CCCO3)nc1)CCCC2. The average molecular weight is 350 g/mol. The fourth-order valence-electron chi connectivity index (χ4n) is 3.75. The Bertz CT molecular complexity index is 837. The normalized spacial score (nSPS) is 19.0. The molecule has 1 fully saturated rings. The number of nitrogens with zero attached hydrogens (tertiary/aromatic N) is 4. The maximum Gasteiger partial charge on any atom is 0.222 e. The molecule has 1 saturated heterocycles. The van der Waals surface area contributed by atoms with E-state index in [1.54, 1.807) is 12.4 Å². The van der Waals surface area contributed by atoms with Crippen molar-refractivity contribution in [3.63, 3.8) is 0 Å². The number of anilines is 2. The minimum atomic E-state index is 0.232. The Morgan fingerprint density at radius 3 is 2.77 bits per heavy atom. The van der Waals surface area contributed by atoms with Crippen molar-refractivity contribution >= 4 is 11.8 Å². The van der Waals surface area contributed by atoms with Gasteiger partial charge < -0.3 is 15.8 Å². The number of hydrogen-bond donors (Lipinski definition) is 2. The van der Waals surface area contributed by atoms with Gasteiger partial charge in [-0.05, 0) is 44.1 Å². The molecular formula is C19H22N6O. The van der Waals surface area contributed by atoms with Crippen molar-refractivity contribution in [2.24, 2.45) is 0 Å². The van der Waals surface area contributed by atoms with E-state index in [9.17, 15) is 5.26 Å². The third-order valence-corrected chi connectivity index (χ3v) is 5.07. The van der Waals surface area contributed by atoms with Crippen LogP contribution in [0.3, 0.4) is 0 Å². The van der Waals surface area contributed by atoms with Crippen molar-refractivity contribution in [1.29, 1.82) is 5.26 Å². The molecule has 134 valence electrons. The number of nitrogens with two attached hydrogens (primary N) is 1. The van der Waals surface area contributed by atoms with Gasteiger partial charge in [0, 0.05) is 42.4 Å². The van der Waals surface area contributed by atoms with Gasteiger partial charge in [-0.1, -0.05) is 0 Å². The molecule has 0 saturated carbocycles. The molecule has 7 nitrogen and oxygen atoms in total. The zero-order chi connectivity index (χ0) is 17.9. The Morgan fingerprint density at radius 2 is 2.04 bits per heavy atom. The first-order valence-electron chi connectivity index (χ1n) is 9.15.